The van der Waals surface area contributed by atoms with Crippen LogP contribution in [0.15, 0.2) is 34.0 Å². The van der Waals surface area contributed by atoms with Gasteiger partial charge in [0.05, 0.1) is 12.7 Å². The third-order valence-corrected chi connectivity index (χ3v) is 4.52. The van der Waals surface area contributed by atoms with Crippen molar-refractivity contribution in [2.45, 2.75) is 17.0 Å². The molecule has 2 aromatic rings. The van der Waals surface area contributed by atoms with Crippen LogP contribution >= 0.6 is 23.1 Å². The van der Waals surface area contributed by atoms with E-state index < -0.39 is 0 Å². The van der Waals surface area contributed by atoms with Gasteiger partial charge in [0.2, 0.25) is 0 Å². The SMILES string of the molecule is COC(=O)c1cccc(CSc2nc(C)cs2)c1. The van der Waals surface area contributed by atoms with Crippen LogP contribution in [0, 0.1) is 6.92 Å². The molecule has 94 valence electrons. The van der Waals surface area contributed by atoms with Crippen molar-refractivity contribution in [2.24, 2.45) is 0 Å². The number of aromatic nitrogens is 1. The van der Waals surface area contributed by atoms with Gasteiger partial charge in [-0.05, 0) is 24.6 Å². The van der Waals surface area contributed by atoms with E-state index in [0.29, 0.717) is 5.56 Å². The van der Waals surface area contributed by atoms with E-state index in [4.69, 9.17) is 4.74 Å². The summed E-state index contributed by atoms with van der Waals surface area (Å²) in [6.07, 6.45) is 0. The maximum Gasteiger partial charge on any atom is 0.337 e. The molecule has 0 fully saturated rings. The monoisotopic (exact) mass is 279 g/mol. The molecule has 0 bridgehead atoms. The highest BCUT2D eigenvalue weighted by Crippen LogP contribution is 2.26. The summed E-state index contributed by atoms with van der Waals surface area (Å²) in [6.45, 7) is 1.98. The first-order valence-corrected chi connectivity index (χ1v) is 7.28. The lowest BCUT2D eigenvalue weighted by Gasteiger charge is -2.02. The minimum absolute atomic E-state index is 0.299. The fraction of sp³-hybridized carbons (Fsp3) is 0.231. The van der Waals surface area contributed by atoms with Crippen molar-refractivity contribution in [2.75, 3.05) is 7.11 Å². The van der Waals surface area contributed by atoms with E-state index >= 15 is 0 Å². The van der Waals surface area contributed by atoms with Gasteiger partial charge in [-0.2, -0.15) is 0 Å². The van der Waals surface area contributed by atoms with Crippen molar-refractivity contribution < 1.29 is 9.53 Å². The van der Waals surface area contributed by atoms with Crippen LogP contribution in [-0.4, -0.2) is 18.1 Å². The molecule has 3 nitrogen and oxygen atoms in total. The molecule has 0 unspecified atom stereocenters. The Morgan fingerprint density at radius 2 is 2.33 bits per heavy atom. The molecule has 0 saturated carbocycles. The average molecular weight is 279 g/mol. The van der Waals surface area contributed by atoms with Crippen molar-refractivity contribution >= 4 is 29.1 Å². The highest BCUT2D eigenvalue weighted by Gasteiger charge is 2.06. The fourth-order valence-electron chi connectivity index (χ4n) is 1.45. The smallest absolute Gasteiger partial charge is 0.337 e. The van der Waals surface area contributed by atoms with Gasteiger partial charge in [0.25, 0.3) is 0 Å². The Kier molecular flexibility index (Phi) is 4.38. The molecule has 1 heterocycles. The third-order valence-electron chi connectivity index (χ3n) is 2.31. The summed E-state index contributed by atoms with van der Waals surface area (Å²) >= 11 is 3.32. The predicted octanol–water partition coefficient (Wildman–Crippen LogP) is 3.53. The third kappa shape index (κ3) is 3.34. The molecule has 0 aliphatic rings. The van der Waals surface area contributed by atoms with Crippen molar-refractivity contribution in [3.8, 4) is 0 Å². The van der Waals surface area contributed by atoms with Gasteiger partial charge in [0.15, 0.2) is 0 Å². The van der Waals surface area contributed by atoms with E-state index in [9.17, 15) is 4.79 Å². The van der Waals surface area contributed by atoms with E-state index in [2.05, 4.69) is 4.98 Å². The van der Waals surface area contributed by atoms with Gasteiger partial charge in [-0.15, -0.1) is 11.3 Å². The van der Waals surface area contributed by atoms with Gasteiger partial charge in [0.1, 0.15) is 4.34 Å². The van der Waals surface area contributed by atoms with Crippen LogP contribution in [0.2, 0.25) is 0 Å². The summed E-state index contributed by atoms with van der Waals surface area (Å²) in [5.41, 5.74) is 2.73. The van der Waals surface area contributed by atoms with Crippen LogP contribution in [0.25, 0.3) is 0 Å². The molecule has 18 heavy (non-hydrogen) atoms. The van der Waals surface area contributed by atoms with Gasteiger partial charge in [0, 0.05) is 16.8 Å². The number of benzene rings is 1. The number of hydrogen-bond donors (Lipinski definition) is 0. The van der Waals surface area contributed by atoms with E-state index in [1.54, 1.807) is 29.2 Å². The second-order valence-corrected chi connectivity index (χ2v) is 5.82. The van der Waals surface area contributed by atoms with E-state index in [0.717, 1.165) is 21.3 Å². The Labute approximate surface area is 114 Å². The maximum absolute atomic E-state index is 11.4. The lowest BCUT2D eigenvalue weighted by atomic mass is 10.1. The number of carbonyl (C=O) groups is 1. The first-order chi connectivity index (χ1) is 8.69. The first kappa shape index (κ1) is 13.1. The highest BCUT2D eigenvalue weighted by atomic mass is 32.2. The molecular formula is C13H13NO2S2. The molecule has 0 radical (unpaired) electrons. The second-order valence-electron chi connectivity index (χ2n) is 3.74. The van der Waals surface area contributed by atoms with E-state index in [1.165, 1.54) is 7.11 Å². The normalized spacial score (nSPS) is 10.3. The zero-order valence-electron chi connectivity index (χ0n) is 10.2. The minimum atomic E-state index is -0.299. The van der Waals surface area contributed by atoms with Crippen LogP contribution in [0.1, 0.15) is 21.6 Å². The van der Waals surface area contributed by atoms with Crippen molar-refractivity contribution in [1.29, 1.82) is 0 Å². The fourth-order valence-corrected chi connectivity index (χ4v) is 3.24. The summed E-state index contributed by atoms with van der Waals surface area (Å²) in [5.74, 6) is 0.504. The summed E-state index contributed by atoms with van der Waals surface area (Å²) < 4.78 is 5.75. The number of thioether (sulfide) groups is 1. The molecule has 0 saturated heterocycles. The molecule has 1 aromatic carbocycles. The Morgan fingerprint density at radius 3 is 3.00 bits per heavy atom. The van der Waals surface area contributed by atoms with Gasteiger partial charge < -0.3 is 4.74 Å². The minimum Gasteiger partial charge on any atom is -0.465 e. The van der Waals surface area contributed by atoms with Gasteiger partial charge in [-0.25, -0.2) is 9.78 Å². The molecule has 2 rings (SSSR count). The summed E-state index contributed by atoms with van der Waals surface area (Å²) in [6, 6.07) is 7.49. The summed E-state index contributed by atoms with van der Waals surface area (Å²) in [5, 5.41) is 2.03. The maximum atomic E-state index is 11.4. The molecule has 0 atom stereocenters. The number of rotatable bonds is 4. The number of hydrogen-bond acceptors (Lipinski definition) is 5. The summed E-state index contributed by atoms with van der Waals surface area (Å²) in [7, 11) is 1.39. The van der Waals surface area contributed by atoms with Gasteiger partial charge >= 0.3 is 5.97 Å². The standard InChI is InChI=1S/C13H13NO2S2/c1-9-7-17-13(14-9)18-8-10-4-3-5-11(6-10)12(15)16-2/h3-7H,8H2,1-2H3. The first-order valence-electron chi connectivity index (χ1n) is 5.41. The quantitative estimate of drug-likeness (QED) is 0.634. The Bertz CT molecular complexity index is 551. The zero-order chi connectivity index (χ0) is 13.0. The van der Waals surface area contributed by atoms with Crippen LogP contribution in [-0.2, 0) is 10.5 Å². The molecule has 0 spiro atoms. The van der Waals surface area contributed by atoms with Crippen LogP contribution in [0.3, 0.4) is 0 Å². The Morgan fingerprint density at radius 1 is 1.50 bits per heavy atom. The molecule has 0 aliphatic carbocycles. The molecule has 0 aliphatic heterocycles. The number of ether oxygens (including phenoxy) is 1. The van der Waals surface area contributed by atoms with Crippen LogP contribution < -0.4 is 0 Å². The molecule has 0 N–H and O–H groups in total. The van der Waals surface area contributed by atoms with Crippen molar-refractivity contribution in [3.63, 3.8) is 0 Å². The zero-order valence-corrected chi connectivity index (χ0v) is 11.8. The lowest BCUT2D eigenvalue weighted by Crippen LogP contribution is -2.01. The Hall–Kier alpha value is -1.33. The highest BCUT2D eigenvalue weighted by molar-refractivity contribution is 8.00. The second kappa shape index (κ2) is 6.02. The number of esters is 1. The van der Waals surface area contributed by atoms with Crippen LogP contribution in [0.5, 0.6) is 0 Å². The number of aryl methyl sites for hydroxylation is 1. The van der Waals surface area contributed by atoms with Crippen molar-refractivity contribution in [3.05, 3.63) is 46.5 Å². The number of carbonyl (C=O) groups excluding carboxylic acids is 1. The largest absolute Gasteiger partial charge is 0.465 e. The molecule has 0 amide bonds. The van der Waals surface area contributed by atoms with E-state index in [1.807, 2.05) is 30.5 Å². The number of methoxy groups -OCH3 is 1. The average Bonchev–Trinajstić information content (AvgIpc) is 2.81. The molecule has 1 aromatic heterocycles. The predicted molar refractivity (Wildman–Crippen MR) is 74.2 cm³/mol. The summed E-state index contributed by atoms with van der Waals surface area (Å²) in [4.78, 5) is 15.8. The van der Waals surface area contributed by atoms with Gasteiger partial charge in [-0.3, -0.25) is 0 Å². The molecular weight excluding hydrogens is 266 g/mol. The van der Waals surface area contributed by atoms with Crippen molar-refractivity contribution in [1.82, 2.24) is 4.98 Å². The molecule has 5 heteroatoms. The number of nitrogens with zero attached hydrogens (tertiary/aromatic N) is 1. The Balaban J connectivity index is 2.03. The van der Waals surface area contributed by atoms with Crippen LogP contribution in [0.4, 0.5) is 0 Å². The number of thiazole rings is 1. The topological polar surface area (TPSA) is 39.2 Å². The van der Waals surface area contributed by atoms with Gasteiger partial charge in [-0.1, -0.05) is 23.9 Å². The lowest BCUT2D eigenvalue weighted by molar-refractivity contribution is 0.0600. The van der Waals surface area contributed by atoms with E-state index in [-0.39, 0.29) is 5.97 Å².